The van der Waals surface area contributed by atoms with Crippen molar-refractivity contribution in [2.24, 2.45) is 0 Å². The van der Waals surface area contributed by atoms with Crippen molar-refractivity contribution in [2.75, 3.05) is 0 Å². The Balaban J connectivity index is 1.62. The Bertz CT molecular complexity index is 2550. The molecule has 8 rings (SSSR count). The summed E-state index contributed by atoms with van der Waals surface area (Å²) in [5, 5.41) is 15.2. The van der Waals surface area contributed by atoms with E-state index in [4.69, 9.17) is 6.57 Å². The zero-order valence-electron chi connectivity index (χ0n) is 27.7. The molecule has 0 amide bonds. The number of alkyl halides is 3. The fourth-order valence-corrected chi connectivity index (χ4v) is 7.65. The fourth-order valence-electron chi connectivity index (χ4n) is 7.65. The molecule has 0 N–H and O–H groups in total. The van der Waals surface area contributed by atoms with E-state index in [2.05, 4.69) is 44.3 Å². The Kier molecular flexibility index (Phi) is 6.89. The molecular weight excluding hydrogens is 629 g/mol. The molecule has 0 unspecified atom stereocenters. The van der Waals surface area contributed by atoms with Gasteiger partial charge in [-0.25, -0.2) is 4.85 Å². The molecule has 242 valence electrons. The minimum Gasteiger partial charge on any atom is -0.307 e. The maximum atomic E-state index is 14.2. The fraction of sp³-hybridized carbons (Fsp3) is 0.116. The van der Waals surface area contributed by atoms with Crippen LogP contribution in [0.5, 0.6) is 0 Å². The predicted octanol–water partition coefficient (Wildman–Crippen LogP) is 12.2. The average Bonchev–Trinajstić information content (AvgIpc) is 3.63. The van der Waals surface area contributed by atoms with Crippen molar-refractivity contribution < 1.29 is 13.2 Å². The van der Waals surface area contributed by atoms with Crippen LogP contribution in [0, 0.1) is 45.6 Å². The summed E-state index contributed by atoms with van der Waals surface area (Å²) in [5.41, 5.74) is 8.77. The summed E-state index contributed by atoms with van der Waals surface area (Å²) < 4.78 is 46.9. The summed E-state index contributed by atoms with van der Waals surface area (Å²) >= 11 is 0. The molecule has 50 heavy (non-hydrogen) atoms. The molecule has 0 saturated heterocycles. The number of fused-ring (bicyclic) bond motifs is 6. The Morgan fingerprint density at radius 3 is 1.30 bits per heavy atom. The largest absolute Gasteiger partial charge is 0.415 e. The first kappa shape index (κ1) is 31.0. The molecule has 2 aromatic heterocycles. The van der Waals surface area contributed by atoms with Crippen LogP contribution in [0.1, 0.15) is 33.4 Å². The smallest absolute Gasteiger partial charge is 0.307 e. The van der Waals surface area contributed by atoms with E-state index < -0.39 is 11.7 Å². The second-order valence-corrected chi connectivity index (χ2v) is 12.9. The highest BCUT2D eigenvalue weighted by molar-refractivity contribution is 6.13. The van der Waals surface area contributed by atoms with E-state index in [0.29, 0.717) is 22.5 Å². The number of halogens is 3. The lowest BCUT2D eigenvalue weighted by molar-refractivity contribution is -0.137. The van der Waals surface area contributed by atoms with Gasteiger partial charge in [-0.05, 0) is 91.4 Å². The number of aryl methyl sites for hydroxylation is 4. The number of benzene rings is 6. The number of nitriles is 1. The molecular formula is C43H29F3N4. The van der Waals surface area contributed by atoms with Gasteiger partial charge in [0.1, 0.15) is 11.6 Å². The molecule has 0 radical (unpaired) electrons. The third-order valence-corrected chi connectivity index (χ3v) is 9.82. The summed E-state index contributed by atoms with van der Waals surface area (Å²) in [6, 6.07) is 34.0. The second-order valence-electron chi connectivity index (χ2n) is 12.9. The lowest BCUT2D eigenvalue weighted by Crippen LogP contribution is -2.07. The number of hydrogen-bond donors (Lipinski definition) is 0. The van der Waals surface area contributed by atoms with E-state index in [9.17, 15) is 18.4 Å². The highest BCUT2D eigenvalue weighted by Gasteiger charge is 2.32. The molecule has 7 heteroatoms. The number of aromatic nitrogens is 2. The third kappa shape index (κ3) is 4.51. The van der Waals surface area contributed by atoms with E-state index in [-0.39, 0.29) is 11.3 Å². The van der Waals surface area contributed by atoms with Crippen molar-refractivity contribution in [1.82, 2.24) is 9.13 Å². The van der Waals surface area contributed by atoms with Crippen molar-refractivity contribution >= 4 is 49.3 Å². The van der Waals surface area contributed by atoms with Gasteiger partial charge in [-0.15, -0.1) is 0 Å². The highest BCUT2D eigenvalue weighted by atomic mass is 19.4. The van der Waals surface area contributed by atoms with Crippen molar-refractivity contribution in [3.8, 4) is 28.6 Å². The maximum Gasteiger partial charge on any atom is 0.415 e. The van der Waals surface area contributed by atoms with Gasteiger partial charge in [0.05, 0.1) is 40.0 Å². The molecule has 0 aliphatic heterocycles. The molecule has 8 aromatic rings. The van der Waals surface area contributed by atoms with Gasteiger partial charge in [-0.2, -0.15) is 18.4 Å². The van der Waals surface area contributed by atoms with Gasteiger partial charge in [-0.3, -0.25) is 0 Å². The quantitative estimate of drug-likeness (QED) is 0.174. The lowest BCUT2D eigenvalue weighted by Gasteiger charge is -2.20. The van der Waals surface area contributed by atoms with Crippen LogP contribution in [-0.2, 0) is 6.18 Å². The van der Waals surface area contributed by atoms with E-state index in [0.717, 1.165) is 78.0 Å². The predicted molar refractivity (Wildman–Crippen MR) is 195 cm³/mol. The molecule has 0 fully saturated rings. The zero-order chi connectivity index (χ0) is 35.1. The van der Waals surface area contributed by atoms with Crippen LogP contribution in [0.2, 0.25) is 0 Å². The average molecular weight is 659 g/mol. The summed E-state index contributed by atoms with van der Waals surface area (Å²) in [6.07, 6.45) is -4.66. The number of para-hydroxylation sites is 4. The second kappa shape index (κ2) is 11.1. The van der Waals surface area contributed by atoms with Crippen molar-refractivity contribution in [3.63, 3.8) is 0 Å². The number of rotatable bonds is 3. The lowest BCUT2D eigenvalue weighted by atomic mass is 9.97. The normalized spacial score (nSPS) is 11.9. The van der Waals surface area contributed by atoms with Crippen LogP contribution in [-0.4, -0.2) is 9.13 Å². The van der Waals surface area contributed by atoms with Crippen molar-refractivity contribution in [3.05, 3.63) is 148 Å². The Morgan fingerprint density at radius 1 is 0.580 bits per heavy atom. The van der Waals surface area contributed by atoms with Crippen LogP contribution in [0.25, 0.3) is 71.0 Å². The van der Waals surface area contributed by atoms with Crippen LogP contribution >= 0.6 is 0 Å². The number of nitrogens with zero attached hydrogens (tertiary/aromatic N) is 4. The van der Waals surface area contributed by atoms with Gasteiger partial charge < -0.3 is 9.13 Å². The molecule has 0 bridgehead atoms. The van der Waals surface area contributed by atoms with Gasteiger partial charge in [0.25, 0.3) is 0 Å². The van der Waals surface area contributed by atoms with Crippen LogP contribution < -0.4 is 0 Å². The topological polar surface area (TPSA) is 38.0 Å². The minimum absolute atomic E-state index is 0.116. The summed E-state index contributed by atoms with van der Waals surface area (Å²) in [6.45, 7) is 15.7. The SMILES string of the molecule is [C-]#[N+]c1cc(-c2cc(-n3c4c(C)cccc4c4cccc(C)c43)c(C#N)c(-n3c4c(C)cccc4c4cccc(C)c43)c2)cc(C(F)(F)F)c1. The molecule has 0 spiro atoms. The minimum atomic E-state index is -4.66. The molecule has 0 aliphatic carbocycles. The van der Waals surface area contributed by atoms with Gasteiger partial charge in [-0.1, -0.05) is 72.8 Å². The van der Waals surface area contributed by atoms with E-state index in [1.165, 1.54) is 6.07 Å². The first-order chi connectivity index (χ1) is 24.0. The monoisotopic (exact) mass is 658 g/mol. The van der Waals surface area contributed by atoms with Crippen molar-refractivity contribution in [2.45, 2.75) is 33.9 Å². The van der Waals surface area contributed by atoms with Crippen molar-refractivity contribution in [1.29, 1.82) is 5.26 Å². The van der Waals surface area contributed by atoms with Crippen LogP contribution in [0.15, 0.2) is 103 Å². The molecule has 6 aromatic carbocycles. The third-order valence-electron chi connectivity index (χ3n) is 9.82. The molecule has 0 aliphatic rings. The first-order valence-electron chi connectivity index (χ1n) is 16.2. The molecule has 0 saturated carbocycles. The van der Waals surface area contributed by atoms with E-state index >= 15 is 0 Å². The summed E-state index contributed by atoms with van der Waals surface area (Å²) in [4.78, 5) is 3.41. The van der Waals surface area contributed by atoms with E-state index in [1.54, 1.807) is 12.1 Å². The molecule has 4 nitrogen and oxygen atoms in total. The van der Waals surface area contributed by atoms with E-state index in [1.807, 2.05) is 76.2 Å². The summed E-state index contributed by atoms with van der Waals surface area (Å²) in [7, 11) is 0. The highest BCUT2D eigenvalue weighted by Crippen LogP contribution is 2.43. The molecule has 0 atom stereocenters. The first-order valence-corrected chi connectivity index (χ1v) is 16.2. The van der Waals surface area contributed by atoms with Crippen LogP contribution in [0.4, 0.5) is 18.9 Å². The van der Waals surface area contributed by atoms with Gasteiger partial charge in [0.2, 0.25) is 0 Å². The van der Waals surface area contributed by atoms with Gasteiger partial charge >= 0.3 is 6.18 Å². The Labute approximate surface area is 286 Å². The standard InChI is InChI=1S/C43H29F3N4/c1-24-10-6-14-32-33-15-7-11-25(2)40(33)49(39(24)32)37-20-29(28-18-30(43(44,45)46)22-31(19-28)48-5)21-38(36(37)23-47)50-41-26(3)12-8-16-34(41)35-17-9-13-27(4)42(35)50/h6-22H,1-4H3. The van der Waals surface area contributed by atoms with Gasteiger partial charge in [0.15, 0.2) is 5.69 Å². The molecule has 2 heterocycles. The van der Waals surface area contributed by atoms with Crippen LogP contribution in [0.3, 0.4) is 0 Å². The summed E-state index contributed by atoms with van der Waals surface area (Å²) in [5.74, 6) is 0. The number of hydrogen-bond acceptors (Lipinski definition) is 1. The Hall–Kier alpha value is -6.31. The van der Waals surface area contributed by atoms with Gasteiger partial charge in [0, 0.05) is 27.1 Å². The zero-order valence-corrected chi connectivity index (χ0v) is 27.7. The maximum absolute atomic E-state index is 14.2. The Morgan fingerprint density at radius 2 is 0.960 bits per heavy atom.